The molecule has 0 saturated carbocycles. The Balaban J connectivity index is 1.82. The van der Waals surface area contributed by atoms with E-state index < -0.39 is 0 Å². The lowest BCUT2D eigenvalue weighted by molar-refractivity contribution is -0.133. The number of benzene rings is 2. The molecule has 0 aliphatic carbocycles. The second-order valence-electron chi connectivity index (χ2n) is 6.93. The highest BCUT2D eigenvalue weighted by Crippen LogP contribution is 2.39. The minimum Gasteiger partial charge on any atom is -0.355 e. The number of halogens is 3. The van der Waals surface area contributed by atoms with Crippen LogP contribution < -0.4 is 10.4 Å². The summed E-state index contributed by atoms with van der Waals surface area (Å²) in [6, 6.07) is 8.89. The molecule has 2 N–H and O–H groups in total. The third kappa shape index (κ3) is 3.98. The molecule has 1 aliphatic rings. The van der Waals surface area contributed by atoms with E-state index in [0.29, 0.717) is 39.4 Å². The van der Waals surface area contributed by atoms with Crippen LogP contribution in [0.2, 0.25) is 15.1 Å². The monoisotopic (exact) mass is 450 g/mol. The molecule has 1 atom stereocenters. The zero-order valence-electron chi connectivity index (χ0n) is 15.2. The van der Waals surface area contributed by atoms with Crippen molar-refractivity contribution in [3.8, 4) is 11.1 Å². The fourth-order valence-electron chi connectivity index (χ4n) is 3.70. The first-order chi connectivity index (χ1) is 14.0. The fraction of sp³-hybridized carbons (Fsp3) is 0.250. The molecule has 1 unspecified atom stereocenters. The summed E-state index contributed by atoms with van der Waals surface area (Å²) >= 11 is 19.1. The maximum atomic E-state index is 11.9. The Kier molecular flexibility index (Phi) is 5.79. The van der Waals surface area contributed by atoms with E-state index in [1.54, 1.807) is 29.7 Å². The normalized spacial score (nSPS) is 16.8. The first kappa shape index (κ1) is 20.2. The van der Waals surface area contributed by atoms with Crippen LogP contribution in [0.15, 0.2) is 36.7 Å². The first-order valence-corrected chi connectivity index (χ1v) is 10.2. The number of carbonyl (C=O) groups excluding carboxylic acids is 1. The van der Waals surface area contributed by atoms with Gasteiger partial charge in [0.1, 0.15) is 12.1 Å². The quantitative estimate of drug-likeness (QED) is 0.434. The second-order valence-corrected chi connectivity index (χ2v) is 8.18. The summed E-state index contributed by atoms with van der Waals surface area (Å²) in [6.45, 7) is 1.20. The Hall–Kier alpha value is -2.12. The predicted molar refractivity (Wildman–Crippen MR) is 115 cm³/mol. The van der Waals surface area contributed by atoms with Crippen molar-refractivity contribution in [1.29, 1.82) is 0 Å². The highest BCUT2D eigenvalue weighted by atomic mass is 35.5. The van der Waals surface area contributed by atoms with Crippen LogP contribution in [0.5, 0.6) is 0 Å². The van der Waals surface area contributed by atoms with Gasteiger partial charge < -0.3 is 4.90 Å². The summed E-state index contributed by atoms with van der Waals surface area (Å²) in [6.07, 6.45) is 3.00. The third-order valence-electron chi connectivity index (χ3n) is 5.12. The van der Waals surface area contributed by atoms with Gasteiger partial charge in [-0.05, 0) is 43.2 Å². The highest BCUT2D eigenvalue weighted by molar-refractivity contribution is 6.38. The Labute approximate surface area is 182 Å². The lowest BCUT2D eigenvalue weighted by Crippen LogP contribution is -2.42. The summed E-state index contributed by atoms with van der Waals surface area (Å²) in [5.74, 6) is 0.0110. The number of hydroxylamine groups is 1. The molecule has 3 aromatic rings. The average molecular weight is 452 g/mol. The number of aromatic nitrogens is 2. The van der Waals surface area contributed by atoms with Crippen molar-refractivity contribution < 1.29 is 10.0 Å². The van der Waals surface area contributed by atoms with Gasteiger partial charge in [-0.1, -0.05) is 34.8 Å². The molecule has 1 aliphatic heterocycles. The molecular formula is C20H17Cl3N4O2. The number of hydrogen-bond acceptors (Lipinski definition) is 5. The molecule has 1 aromatic heterocycles. The molecule has 0 radical (unpaired) electrons. The lowest BCUT2D eigenvalue weighted by Gasteiger charge is -2.33. The van der Waals surface area contributed by atoms with Crippen LogP contribution in [0.3, 0.4) is 0 Å². The Bertz CT molecular complexity index is 1090. The van der Waals surface area contributed by atoms with Gasteiger partial charge in [0.25, 0.3) is 0 Å². The van der Waals surface area contributed by atoms with Gasteiger partial charge in [0.15, 0.2) is 0 Å². The number of hydrogen-bond donors (Lipinski definition) is 2. The number of amides is 1. The molecule has 0 spiro atoms. The van der Waals surface area contributed by atoms with Crippen molar-refractivity contribution in [3.05, 3.63) is 51.7 Å². The number of nitrogens with one attached hydrogen (secondary N) is 1. The van der Waals surface area contributed by atoms with Gasteiger partial charge in [-0.25, -0.2) is 15.4 Å². The number of rotatable bonds is 3. The molecular weight excluding hydrogens is 435 g/mol. The van der Waals surface area contributed by atoms with E-state index in [9.17, 15) is 4.79 Å². The standard InChI is InChI=1S/C20H17Cl3N4O2/c21-12-3-4-16(22)13(6-12)14-7-15-18(8-17(14)23)24-10-25-19(15)27-5-1-2-11(9-27)20(28)26-29/h3-4,6-8,10-11,29H,1-2,5,9H2,(H,26,28). The van der Waals surface area contributed by atoms with E-state index >= 15 is 0 Å². The smallest absolute Gasteiger partial charge is 0.248 e. The van der Waals surface area contributed by atoms with Gasteiger partial charge in [0.05, 0.1) is 16.5 Å². The molecule has 0 bridgehead atoms. The summed E-state index contributed by atoms with van der Waals surface area (Å²) < 4.78 is 0. The van der Waals surface area contributed by atoms with Crippen LogP contribution in [-0.4, -0.2) is 34.2 Å². The molecule has 9 heteroatoms. The van der Waals surface area contributed by atoms with Crippen LogP contribution in [0.25, 0.3) is 22.0 Å². The van der Waals surface area contributed by atoms with Gasteiger partial charge >= 0.3 is 0 Å². The minimum atomic E-state index is -0.387. The van der Waals surface area contributed by atoms with Crippen LogP contribution in [0.4, 0.5) is 5.82 Å². The van der Waals surface area contributed by atoms with E-state index in [1.807, 2.05) is 11.0 Å². The van der Waals surface area contributed by atoms with E-state index in [0.717, 1.165) is 29.5 Å². The molecule has 1 saturated heterocycles. The number of nitrogens with zero attached hydrogens (tertiary/aromatic N) is 3. The minimum absolute atomic E-state index is 0.312. The van der Waals surface area contributed by atoms with Gasteiger partial charge in [-0.3, -0.25) is 10.0 Å². The molecule has 1 amide bonds. The van der Waals surface area contributed by atoms with E-state index in [-0.39, 0.29) is 11.8 Å². The number of fused-ring (bicyclic) bond motifs is 1. The number of carbonyl (C=O) groups is 1. The zero-order valence-corrected chi connectivity index (χ0v) is 17.5. The predicted octanol–water partition coefficient (Wildman–Crippen LogP) is 4.98. The summed E-state index contributed by atoms with van der Waals surface area (Å²) in [4.78, 5) is 22.7. The SMILES string of the molecule is O=C(NO)C1CCCN(c2ncnc3cc(Cl)c(-c4cc(Cl)ccc4Cl)cc23)C1. The van der Waals surface area contributed by atoms with Crippen molar-refractivity contribution in [1.82, 2.24) is 15.4 Å². The number of piperidine rings is 1. The Morgan fingerprint density at radius 2 is 1.90 bits per heavy atom. The molecule has 1 fully saturated rings. The van der Waals surface area contributed by atoms with Gasteiger partial charge in [0.2, 0.25) is 5.91 Å². The Morgan fingerprint density at radius 1 is 1.10 bits per heavy atom. The second kappa shape index (κ2) is 8.32. The van der Waals surface area contributed by atoms with Crippen LogP contribution in [0, 0.1) is 5.92 Å². The van der Waals surface area contributed by atoms with Crippen LogP contribution in [0.1, 0.15) is 12.8 Å². The van der Waals surface area contributed by atoms with Gasteiger partial charge in [-0.2, -0.15) is 0 Å². The van der Waals surface area contributed by atoms with E-state index in [2.05, 4.69) is 9.97 Å². The first-order valence-electron chi connectivity index (χ1n) is 9.06. The van der Waals surface area contributed by atoms with Gasteiger partial charge in [0, 0.05) is 39.6 Å². The molecule has 2 heterocycles. The fourth-order valence-corrected chi connectivity index (χ4v) is 4.35. The third-order valence-corrected chi connectivity index (χ3v) is 6.00. The topological polar surface area (TPSA) is 78.4 Å². The molecule has 150 valence electrons. The summed E-state index contributed by atoms with van der Waals surface area (Å²) in [5, 5.41) is 11.4. The molecule has 2 aromatic carbocycles. The summed E-state index contributed by atoms with van der Waals surface area (Å²) in [7, 11) is 0. The highest BCUT2D eigenvalue weighted by Gasteiger charge is 2.27. The molecule has 4 rings (SSSR count). The van der Waals surface area contributed by atoms with Crippen molar-refractivity contribution >= 4 is 57.4 Å². The van der Waals surface area contributed by atoms with E-state index in [1.165, 1.54) is 6.33 Å². The Morgan fingerprint density at radius 3 is 2.69 bits per heavy atom. The van der Waals surface area contributed by atoms with Crippen molar-refractivity contribution in [3.63, 3.8) is 0 Å². The zero-order chi connectivity index (χ0) is 20.5. The van der Waals surface area contributed by atoms with Crippen molar-refractivity contribution in [2.75, 3.05) is 18.0 Å². The average Bonchev–Trinajstić information content (AvgIpc) is 2.74. The van der Waals surface area contributed by atoms with Crippen molar-refractivity contribution in [2.45, 2.75) is 12.8 Å². The number of anilines is 1. The van der Waals surface area contributed by atoms with Crippen LogP contribution in [-0.2, 0) is 4.79 Å². The van der Waals surface area contributed by atoms with E-state index in [4.69, 9.17) is 40.0 Å². The van der Waals surface area contributed by atoms with Crippen molar-refractivity contribution in [2.24, 2.45) is 5.92 Å². The maximum Gasteiger partial charge on any atom is 0.248 e. The summed E-state index contributed by atoms with van der Waals surface area (Å²) in [5.41, 5.74) is 3.89. The molecule has 29 heavy (non-hydrogen) atoms. The van der Waals surface area contributed by atoms with Gasteiger partial charge in [-0.15, -0.1) is 0 Å². The van der Waals surface area contributed by atoms with Crippen LogP contribution >= 0.6 is 34.8 Å². The largest absolute Gasteiger partial charge is 0.355 e. The lowest BCUT2D eigenvalue weighted by atomic mass is 9.97. The maximum absolute atomic E-state index is 11.9. The molecule has 6 nitrogen and oxygen atoms in total.